The van der Waals surface area contributed by atoms with Crippen molar-refractivity contribution in [1.82, 2.24) is 0 Å². The third kappa shape index (κ3) is 3.27. The number of halogens is 1. The fourth-order valence-electron chi connectivity index (χ4n) is 2.05. The second-order valence-electron chi connectivity index (χ2n) is 4.70. The molecule has 0 aliphatic rings. The van der Waals surface area contributed by atoms with E-state index in [1.807, 2.05) is 12.1 Å². The summed E-state index contributed by atoms with van der Waals surface area (Å²) in [6, 6.07) is 13.1. The zero-order valence-corrected chi connectivity index (χ0v) is 13.6. The number of rotatable bonds is 3. The van der Waals surface area contributed by atoms with Crippen molar-refractivity contribution in [3.63, 3.8) is 0 Å². The van der Waals surface area contributed by atoms with Gasteiger partial charge in [0.05, 0.1) is 12.7 Å². The van der Waals surface area contributed by atoms with Crippen LogP contribution in [-0.2, 0) is 4.74 Å². The topological polar surface area (TPSA) is 65.7 Å². The smallest absolute Gasteiger partial charge is 0.379 e. The van der Waals surface area contributed by atoms with Crippen molar-refractivity contribution in [3.8, 4) is 5.75 Å². The van der Waals surface area contributed by atoms with Crippen LogP contribution in [0.2, 0.25) is 0 Å². The molecule has 0 atom stereocenters. The SMILES string of the molecule is COC(=O)c1ccc(OC(=O)c2cc3cc(Br)ccc3o2)cc1. The summed E-state index contributed by atoms with van der Waals surface area (Å²) in [6.45, 7) is 0. The minimum Gasteiger partial charge on any atom is -0.465 e. The molecule has 2 aromatic carbocycles. The van der Waals surface area contributed by atoms with E-state index >= 15 is 0 Å². The molecule has 6 heteroatoms. The lowest BCUT2D eigenvalue weighted by molar-refractivity contribution is 0.0600. The molecule has 1 heterocycles. The maximum Gasteiger partial charge on any atom is 0.379 e. The summed E-state index contributed by atoms with van der Waals surface area (Å²) in [6.07, 6.45) is 0. The molecule has 0 N–H and O–H groups in total. The summed E-state index contributed by atoms with van der Waals surface area (Å²) >= 11 is 3.36. The van der Waals surface area contributed by atoms with Crippen molar-refractivity contribution in [2.24, 2.45) is 0 Å². The Kier molecular flexibility index (Phi) is 4.16. The summed E-state index contributed by atoms with van der Waals surface area (Å²) in [4.78, 5) is 23.5. The van der Waals surface area contributed by atoms with Gasteiger partial charge in [0.2, 0.25) is 5.76 Å². The second kappa shape index (κ2) is 6.26. The Morgan fingerprint density at radius 1 is 1.00 bits per heavy atom. The predicted molar refractivity (Wildman–Crippen MR) is 86.7 cm³/mol. The average molecular weight is 375 g/mol. The number of esters is 2. The Balaban J connectivity index is 1.78. The number of carbonyl (C=O) groups excluding carboxylic acids is 2. The van der Waals surface area contributed by atoms with Gasteiger partial charge in [-0.25, -0.2) is 9.59 Å². The number of hydrogen-bond donors (Lipinski definition) is 0. The highest BCUT2D eigenvalue weighted by atomic mass is 79.9. The van der Waals surface area contributed by atoms with E-state index in [4.69, 9.17) is 9.15 Å². The first-order chi connectivity index (χ1) is 11.1. The van der Waals surface area contributed by atoms with Crippen molar-refractivity contribution in [3.05, 3.63) is 64.3 Å². The van der Waals surface area contributed by atoms with Crippen molar-refractivity contribution in [2.75, 3.05) is 7.11 Å². The molecule has 0 amide bonds. The van der Waals surface area contributed by atoms with Gasteiger partial charge in [-0.15, -0.1) is 0 Å². The molecule has 5 nitrogen and oxygen atoms in total. The normalized spacial score (nSPS) is 10.5. The highest BCUT2D eigenvalue weighted by Gasteiger charge is 2.15. The molecule has 23 heavy (non-hydrogen) atoms. The number of ether oxygens (including phenoxy) is 2. The third-order valence-corrected chi connectivity index (χ3v) is 3.66. The zero-order chi connectivity index (χ0) is 16.4. The van der Waals surface area contributed by atoms with E-state index in [2.05, 4.69) is 20.7 Å². The fraction of sp³-hybridized carbons (Fsp3) is 0.0588. The van der Waals surface area contributed by atoms with Crippen LogP contribution in [0.1, 0.15) is 20.9 Å². The molecule has 1 aromatic heterocycles. The molecular formula is C17H11BrO5. The van der Waals surface area contributed by atoms with Crippen LogP contribution < -0.4 is 4.74 Å². The molecule has 3 rings (SSSR count). The van der Waals surface area contributed by atoms with Crippen LogP contribution in [0.3, 0.4) is 0 Å². The van der Waals surface area contributed by atoms with Gasteiger partial charge in [0.1, 0.15) is 11.3 Å². The molecule has 116 valence electrons. The minimum atomic E-state index is -0.608. The van der Waals surface area contributed by atoms with Gasteiger partial charge >= 0.3 is 11.9 Å². The van der Waals surface area contributed by atoms with E-state index in [-0.39, 0.29) is 5.76 Å². The molecule has 0 fully saturated rings. The summed E-state index contributed by atoms with van der Waals surface area (Å²) in [7, 11) is 1.30. The number of furan rings is 1. The van der Waals surface area contributed by atoms with Crippen molar-refractivity contribution in [2.45, 2.75) is 0 Å². The highest BCUT2D eigenvalue weighted by molar-refractivity contribution is 9.10. The molecule has 0 saturated carbocycles. The molecular weight excluding hydrogens is 364 g/mol. The molecule has 0 aliphatic heterocycles. The van der Waals surface area contributed by atoms with E-state index in [1.54, 1.807) is 12.1 Å². The van der Waals surface area contributed by atoms with Gasteiger partial charge in [0.25, 0.3) is 0 Å². The molecule has 0 aliphatic carbocycles. The lowest BCUT2D eigenvalue weighted by atomic mass is 10.2. The standard InChI is InChI=1S/C17H11BrO5/c1-21-16(19)10-2-5-13(6-3-10)22-17(20)15-9-11-8-12(18)4-7-14(11)23-15/h2-9H,1H3. The van der Waals surface area contributed by atoms with Gasteiger partial charge < -0.3 is 13.9 Å². The molecule has 0 radical (unpaired) electrons. The third-order valence-electron chi connectivity index (χ3n) is 3.17. The largest absolute Gasteiger partial charge is 0.465 e. The first-order valence-electron chi connectivity index (χ1n) is 6.66. The number of hydrogen-bond acceptors (Lipinski definition) is 5. The average Bonchev–Trinajstić information content (AvgIpc) is 2.98. The first-order valence-corrected chi connectivity index (χ1v) is 7.46. The fourth-order valence-corrected chi connectivity index (χ4v) is 2.43. The van der Waals surface area contributed by atoms with Crippen LogP contribution in [0.15, 0.2) is 57.4 Å². The summed E-state index contributed by atoms with van der Waals surface area (Å²) in [5.41, 5.74) is 0.974. The molecule has 3 aromatic rings. The number of carbonyl (C=O) groups is 2. The lowest BCUT2D eigenvalue weighted by Gasteiger charge is -2.03. The van der Waals surface area contributed by atoms with E-state index in [1.165, 1.54) is 31.4 Å². The zero-order valence-electron chi connectivity index (χ0n) is 12.0. The van der Waals surface area contributed by atoms with Crippen molar-refractivity contribution >= 4 is 38.8 Å². The Hall–Kier alpha value is -2.60. The van der Waals surface area contributed by atoms with Crippen LogP contribution >= 0.6 is 15.9 Å². The number of methoxy groups -OCH3 is 1. The monoisotopic (exact) mass is 374 g/mol. The Morgan fingerprint density at radius 2 is 1.74 bits per heavy atom. The van der Waals surface area contributed by atoms with Crippen LogP contribution in [0.4, 0.5) is 0 Å². The van der Waals surface area contributed by atoms with E-state index in [0.717, 1.165) is 9.86 Å². The summed E-state index contributed by atoms with van der Waals surface area (Å²) in [5, 5.41) is 0.798. The van der Waals surface area contributed by atoms with Gasteiger partial charge in [-0.05, 0) is 48.5 Å². The molecule has 0 unspecified atom stereocenters. The molecule has 0 bridgehead atoms. The molecule has 0 saturated heterocycles. The van der Waals surface area contributed by atoms with Gasteiger partial charge in [0.15, 0.2) is 0 Å². The predicted octanol–water partition coefficient (Wildman–Crippen LogP) is 4.20. The maximum absolute atomic E-state index is 12.1. The number of benzene rings is 2. The van der Waals surface area contributed by atoms with E-state index < -0.39 is 11.9 Å². The minimum absolute atomic E-state index is 0.107. The van der Waals surface area contributed by atoms with Gasteiger partial charge in [0, 0.05) is 9.86 Å². The van der Waals surface area contributed by atoms with Crippen LogP contribution in [-0.4, -0.2) is 19.0 Å². The van der Waals surface area contributed by atoms with Crippen LogP contribution in [0.5, 0.6) is 5.75 Å². The first kappa shape index (κ1) is 15.3. The van der Waals surface area contributed by atoms with E-state index in [9.17, 15) is 9.59 Å². The summed E-state index contributed by atoms with van der Waals surface area (Å²) < 4.78 is 16.2. The number of fused-ring (bicyclic) bond motifs is 1. The van der Waals surface area contributed by atoms with Gasteiger partial charge in [-0.2, -0.15) is 0 Å². The van der Waals surface area contributed by atoms with Gasteiger partial charge in [-0.1, -0.05) is 15.9 Å². The maximum atomic E-state index is 12.1. The summed E-state index contributed by atoms with van der Waals surface area (Å²) in [5.74, 6) is -0.645. The highest BCUT2D eigenvalue weighted by Crippen LogP contribution is 2.24. The molecule has 0 spiro atoms. The Labute approximate surface area is 139 Å². The van der Waals surface area contributed by atoms with Gasteiger partial charge in [-0.3, -0.25) is 0 Å². The van der Waals surface area contributed by atoms with Crippen LogP contribution in [0.25, 0.3) is 11.0 Å². The lowest BCUT2D eigenvalue weighted by Crippen LogP contribution is -2.07. The van der Waals surface area contributed by atoms with E-state index in [0.29, 0.717) is 16.9 Å². The quantitative estimate of drug-likeness (QED) is 0.507. The van der Waals surface area contributed by atoms with Crippen LogP contribution in [0, 0.1) is 0 Å². The Bertz CT molecular complexity index is 880. The second-order valence-corrected chi connectivity index (χ2v) is 5.61. The van der Waals surface area contributed by atoms with Crippen molar-refractivity contribution in [1.29, 1.82) is 0 Å². The van der Waals surface area contributed by atoms with Crippen molar-refractivity contribution < 1.29 is 23.5 Å². The Morgan fingerprint density at radius 3 is 2.43 bits per heavy atom.